The first kappa shape index (κ1) is 21.8. The Hall–Kier alpha value is -4.44. The molecule has 10 heteroatoms. The highest BCUT2D eigenvalue weighted by atomic mass is 16.5. The third-order valence-corrected chi connectivity index (χ3v) is 7.35. The molecular weight excluding hydrogens is 468 g/mol. The Kier molecular flexibility index (Phi) is 5.07. The van der Waals surface area contributed by atoms with Crippen LogP contribution in [0.5, 0.6) is 0 Å². The fraction of sp³-hybridized carbons (Fsp3) is 0.259. The number of hydrogen-bond donors (Lipinski definition) is 4. The van der Waals surface area contributed by atoms with Crippen LogP contribution in [-0.2, 0) is 4.74 Å². The number of aromatic amines is 1. The fourth-order valence-corrected chi connectivity index (χ4v) is 5.33. The average Bonchev–Trinajstić information content (AvgIpc) is 3.68. The van der Waals surface area contributed by atoms with E-state index in [2.05, 4.69) is 31.8 Å². The van der Waals surface area contributed by atoms with Crippen LogP contribution >= 0.6 is 0 Å². The van der Waals surface area contributed by atoms with Gasteiger partial charge in [-0.2, -0.15) is 10.2 Å². The van der Waals surface area contributed by atoms with E-state index in [0.29, 0.717) is 28.9 Å². The Bertz CT molecular complexity index is 1590. The number of nitrogens with zero attached hydrogens (tertiary/aromatic N) is 5. The molecule has 2 unspecified atom stereocenters. The topological polar surface area (TPSA) is 139 Å². The number of piperidine rings is 1. The van der Waals surface area contributed by atoms with Gasteiger partial charge in [0.15, 0.2) is 6.10 Å². The highest BCUT2D eigenvalue weighted by molar-refractivity contribution is 6.02. The number of aliphatic hydroxyl groups is 1. The number of nitrogens with two attached hydrogens (primary N) is 1. The van der Waals surface area contributed by atoms with E-state index in [1.165, 1.54) is 0 Å². The van der Waals surface area contributed by atoms with Crippen LogP contribution in [0.3, 0.4) is 0 Å². The predicted molar refractivity (Wildman–Crippen MR) is 141 cm³/mol. The van der Waals surface area contributed by atoms with Crippen LogP contribution < -0.4 is 11.1 Å². The highest BCUT2D eigenvalue weighted by Crippen LogP contribution is 2.37. The molecule has 0 spiro atoms. The summed E-state index contributed by atoms with van der Waals surface area (Å²) in [4.78, 5) is 9.25. The second-order valence-electron chi connectivity index (χ2n) is 9.64. The molecule has 5 heterocycles. The molecule has 37 heavy (non-hydrogen) atoms. The van der Waals surface area contributed by atoms with Gasteiger partial charge in [-0.3, -0.25) is 9.78 Å². The fourth-order valence-electron chi connectivity index (χ4n) is 5.33. The summed E-state index contributed by atoms with van der Waals surface area (Å²) in [7, 11) is 0. The molecule has 7 rings (SSSR count). The number of anilines is 1. The minimum Gasteiger partial charge on any atom is -0.508 e. The van der Waals surface area contributed by atoms with Crippen LogP contribution in [0.25, 0.3) is 27.6 Å². The summed E-state index contributed by atoms with van der Waals surface area (Å²) in [6, 6.07) is 7.94. The highest BCUT2D eigenvalue weighted by Gasteiger charge is 2.38. The number of rotatable bonds is 4. The molecule has 1 aliphatic carbocycles. The van der Waals surface area contributed by atoms with Gasteiger partial charge in [-0.15, -0.1) is 0 Å². The van der Waals surface area contributed by atoms with E-state index in [1.807, 2.05) is 41.2 Å². The molecule has 0 amide bonds. The van der Waals surface area contributed by atoms with Crippen molar-refractivity contribution in [2.75, 3.05) is 18.8 Å². The first-order valence-electron chi connectivity index (χ1n) is 12.4. The smallest absolute Gasteiger partial charge is 0.221 e. The van der Waals surface area contributed by atoms with Crippen molar-refractivity contribution in [1.82, 2.24) is 30.3 Å². The summed E-state index contributed by atoms with van der Waals surface area (Å²) in [5, 5.41) is 26.9. The van der Waals surface area contributed by atoms with Crippen LogP contribution in [0, 0.1) is 0 Å². The molecule has 0 bridgehead atoms. The third-order valence-electron chi connectivity index (χ3n) is 7.35. The number of allylic oxidation sites excluding steroid dienone is 1. The lowest BCUT2D eigenvalue weighted by Gasteiger charge is -2.23. The van der Waals surface area contributed by atoms with Gasteiger partial charge in [-0.25, -0.2) is 9.98 Å². The summed E-state index contributed by atoms with van der Waals surface area (Å²) in [5.41, 5.74) is 11.2. The molecule has 186 valence electrons. The van der Waals surface area contributed by atoms with Gasteiger partial charge in [0.05, 0.1) is 29.5 Å². The second-order valence-corrected chi connectivity index (χ2v) is 9.64. The molecule has 1 aromatic carbocycles. The zero-order chi connectivity index (χ0) is 24.9. The number of benzene rings is 1. The molecular formula is C27H26N8O2. The zero-order valence-corrected chi connectivity index (χ0v) is 20.0. The Balaban J connectivity index is 1.19. The number of aromatic nitrogens is 5. The quantitative estimate of drug-likeness (QED) is 0.341. The number of hydrogen-bond acceptors (Lipinski definition) is 8. The maximum Gasteiger partial charge on any atom is 0.221 e. The van der Waals surface area contributed by atoms with Crippen molar-refractivity contribution in [2.45, 2.75) is 31.0 Å². The maximum absolute atomic E-state index is 10.8. The van der Waals surface area contributed by atoms with Crippen LogP contribution in [0.15, 0.2) is 72.0 Å². The molecule has 1 fully saturated rings. The number of nitrogen functional groups attached to an aromatic ring is 1. The van der Waals surface area contributed by atoms with Gasteiger partial charge in [0.2, 0.25) is 5.90 Å². The number of aliphatic hydroxyl groups excluding tert-OH is 1. The Morgan fingerprint density at radius 2 is 1.95 bits per heavy atom. The van der Waals surface area contributed by atoms with Gasteiger partial charge in [0.25, 0.3) is 0 Å². The summed E-state index contributed by atoms with van der Waals surface area (Å²) >= 11 is 0. The molecule has 4 aromatic rings. The van der Waals surface area contributed by atoms with Crippen molar-refractivity contribution in [3.05, 3.63) is 78.1 Å². The van der Waals surface area contributed by atoms with Gasteiger partial charge < -0.3 is 20.9 Å². The molecule has 2 aliphatic heterocycles. The lowest BCUT2D eigenvalue weighted by Crippen LogP contribution is -2.29. The number of nitrogens with one attached hydrogen (secondary N) is 2. The summed E-state index contributed by atoms with van der Waals surface area (Å²) < 4.78 is 8.41. The second kappa shape index (κ2) is 8.59. The SMILES string of the molecule is Nc1ncc(-c2cnn(C3CCNCC3)c2)cc1C1=NC2C=CC(O)=C(c3ccc4cn[nH]c4c3)C2O1. The van der Waals surface area contributed by atoms with Crippen LogP contribution in [0.2, 0.25) is 0 Å². The molecule has 10 nitrogen and oxygen atoms in total. The molecule has 3 aliphatic rings. The standard InChI is InChI=1S/C27H26N8O2/c28-26-20(9-17(11-30-26)18-13-32-35(14-18)19-5-7-29-8-6-19)27-33-21-3-4-23(36)24(25(21)37-27)15-1-2-16-12-31-34-22(16)10-15/h1-4,9-14,19,21,25,29,36H,5-8H2,(H2,28,30)(H,31,34). The van der Waals surface area contributed by atoms with E-state index in [4.69, 9.17) is 15.5 Å². The lowest BCUT2D eigenvalue weighted by atomic mass is 9.90. The van der Waals surface area contributed by atoms with Crippen LogP contribution in [-0.4, -0.2) is 61.2 Å². The van der Waals surface area contributed by atoms with E-state index in [0.717, 1.165) is 53.5 Å². The summed E-state index contributed by atoms with van der Waals surface area (Å²) in [6.07, 6.45) is 12.6. The first-order valence-corrected chi connectivity index (χ1v) is 12.4. The van der Waals surface area contributed by atoms with E-state index in [9.17, 15) is 5.11 Å². The monoisotopic (exact) mass is 494 g/mol. The van der Waals surface area contributed by atoms with Gasteiger partial charge in [-0.1, -0.05) is 18.2 Å². The van der Waals surface area contributed by atoms with Crippen LogP contribution in [0.1, 0.15) is 30.0 Å². The Morgan fingerprint density at radius 3 is 2.84 bits per heavy atom. The average molecular weight is 495 g/mol. The maximum atomic E-state index is 10.8. The lowest BCUT2D eigenvalue weighted by molar-refractivity contribution is 0.257. The molecule has 1 saturated heterocycles. The van der Waals surface area contributed by atoms with Crippen molar-refractivity contribution in [3.8, 4) is 11.1 Å². The Labute approximate surface area is 212 Å². The minimum atomic E-state index is -0.480. The molecule has 0 saturated carbocycles. The minimum absolute atomic E-state index is 0.154. The zero-order valence-electron chi connectivity index (χ0n) is 20.0. The van der Waals surface area contributed by atoms with Gasteiger partial charge in [0.1, 0.15) is 17.6 Å². The van der Waals surface area contributed by atoms with Crippen molar-refractivity contribution >= 4 is 28.2 Å². The normalized spacial score (nSPS) is 21.8. The van der Waals surface area contributed by atoms with E-state index in [1.54, 1.807) is 18.5 Å². The summed E-state index contributed by atoms with van der Waals surface area (Å²) in [5.74, 6) is 0.901. The molecule has 2 atom stereocenters. The Morgan fingerprint density at radius 1 is 1.05 bits per heavy atom. The molecule has 5 N–H and O–H groups in total. The van der Waals surface area contributed by atoms with E-state index >= 15 is 0 Å². The predicted octanol–water partition coefficient (Wildman–Crippen LogP) is 3.38. The van der Waals surface area contributed by atoms with E-state index < -0.39 is 6.10 Å². The van der Waals surface area contributed by atoms with Gasteiger partial charge in [-0.05, 0) is 49.7 Å². The summed E-state index contributed by atoms with van der Waals surface area (Å²) in [6.45, 7) is 2.01. The number of ether oxygens (including phenoxy) is 1. The van der Waals surface area contributed by atoms with Crippen molar-refractivity contribution in [3.63, 3.8) is 0 Å². The molecule has 3 aromatic heterocycles. The number of fused-ring (bicyclic) bond motifs is 2. The van der Waals surface area contributed by atoms with Crippen molar-refractivity contribution < 1.29 is 9.84 Å². The van der Waals surface area contributed by atoms with Crippen molar-refractivity contribution in [2.24, 2.45) is 4.99 Å². The van der Waals surface area contributed by atoms with Gasteiger partial charge >= 0.3 is 0 Å². The third kappa shape index (κ3) is 3.77. The number of aliphatic imine (C=N–C) groups is 1. The molecule has 0 radical (unpaired) electrons. The van der Waals surface area contributed by atoms with Crippen molar-refractivity contribution in [1.29, 1.82) is 0 Å². The van der Waals surface area contributed by atoms with Gasteiger partial charge in [0, 0.05) is 34.5 Å². The first-order chi connectivity index (χ1) is 18.1. The van der Waals surface area contributed by atoms with E-state index in [-0.39, 0.29) is 11.8 Å². The number of H-pyrrole nitrogens is 1. The number of pyridine rings is 1. The van der Waals surface area contributed by atoms with Crippen LogP contribution in [0.4, 0.5) is 5.82 Å². The largest absolute Gasteiger partial charge is 0.508 e.